The molecule has 15 heavy (non-hydrogen) atoms. The summed E-state index contributed by atoms with van der Waals surface area (Å²) in [4.78, 5) is 0. The smallest absolute Gasteiger partial charge is 0.172 e. The highest BCUT2D eigenvalue weighted by molar-refractivity contribution is 9.10. The van der Waals surface area contributed by atoms with Crippen molar-refractivity contribution < 1.29 is 9.84 Å². The van der Waals surface area contributed by atoms with Crippen molar-refractivity contribution >= 4 is 15.9 Å². The predicted molar refractivity (Wildman–Crippen MR) is 62.1 cm³/mol. The molecule has 0 spiro atoms. The van der Waals surface area contributed by atoms with Crippen LogP contribution < -0.4 is 10.5 Å². The maximum Gasteiger partial charge on any atom is 0.172 e. The third-order valence-electron chi connectivity index (χ3n) is 3.08. The van der Waals surface area contributed by atoms with Crippen LogP contribution in [-0.4, -0.2) is 12.2 Å². The molecule has 1 aromatic rings. The second-order valence-corrected chi connectivity index (χ2v) is 4.78. The molecule has 0 aliphatic heterocycles. The highest BCUT2D eigenvalue weighted by Crippen LogP contribution is 2.46. The van der Waals surface area contributed by atoms with Crippen LogP contribution in [0.3, 0.4) is 0 Å². The fraction of sp³-hybridized carbons (Fsp3) is 0.455. The van der Waals surface area contributed by atoms with Crippen molar-refractivity contribution in [2.45, 2.75) is 24.8 Å². The summed E-state index contributed by atoms with van der Waals surface area (Å²) in [5.41, 5.74) is 6.89. The van der Waals surface area contributed by atoms with Crippen molar-refractivity contribution in [3.8, 4) is 11.5 Å². The second-order valence-electron chi connectivity index (χ2n) is 3.99. The number of rotatable bonds is 2. The van der Waals surface area contributed by atoms with E-state index in [2.05, 4.69) is 15.9 Å². The van der Waals surface area contributed by atoms with Crippen molar-refractivity contribution in [1.82, 2.24) is 0 Å². The van der Waals surface area contributed by atoms with Gasteiger partial charge in [-0.2, -0.15) is 0 Å². The topological polar surface area (TPSA) is 55.5 Å². The minimum Gasteiger partial charge on any atom is -0.503 e. The maximum absolute atomic E-state index is 9.83. The lowest BCUT2D eigenvalue weighted by Crippen LogP contribution is -2.43. The molecular weight excluding hydrogens is 258 g/mol. The van der Waals surface area contributed by atoms with Gasteiger partial charge in [-0.1, -0.05) is 6.07 Å². The Balaban J connectivity index is 2.46. The van der Waals surface area contributed by atoms with Crippen LogP contribution in [0.4, 0.5) is 0 Å². The van der Waals surface area contributed by atoms with Gasteiger partial charge in [0, 0.05) is 5.54 Å². The van der Waals surface area contributed by atoms with E-state index in [1.807, 2.05) is 6.07 Å². The van der Waals surface area contributed by atoms with E-state index in [0.717, 1.165) is 24.8 Å². The number of phenols is 1. The molecule has 1 saturated carbocycles. The molecule has 1 aliphatic rings. The van der Waals surface area contributed by atoms with Gasteiger partial charge < -0.3 is 15.6 Å². The van der Waals surface area contributed by atoms with Crippen molar-refractivity contribution in [2.75, 3.05) is 7.11 Å². The molecule has 0 heterocycles. The number of methoxy groups -OCH3 is 1. The van der Waals surface area contributed by atoms with E-state index in [1.54, 1.807) is 6.07 Å². The van der Waals surface area contributed by atoms with Crippen molar-refractivity contribution in [3.05, 3.63) is 22.2 Å². The average Bonchev–Trinajstić information content (AvgIpc) is 2.19. The molecule has 0 aromatic heterocycles. The summed E-state index contributed by atoms with van der Waals surface area (Å²) >= 11 is 3.37. The van der Waals surface area contributed by atoms with Crippen LogP contribution in [0.15, 0.2) is 16.6 Å². The molecule has 0 unspecified atom stereocenters. The summed E-state index contributed by atoms with van der Waals surface area (Å²) in [5.74, 6) is 0.597. The predicted octanol–water partition coefficient (Wildman–Crippen LogP) is 2.50. The van der Waals surface area contributed by atoms with Crippen molar-refractivity contribution in [3.63, 3.8) is 0 Å². The lowest BCUT2D eigenvalue weighted by Gasteiger charge is -2.39. The molecule has 0 atom stereocenters. The molecule has 1 aromatic carbocycles. The molecule has 82 valence electrons. The third-order valence-corrected chi connectivity index (χ3v) is 3.88. The summed E-state index contributed by atoms with van der Waals surface area (Å²) < 4.78 is 5.68. The number of nitrogens with two attached hydrogens (primary N) is 1. The quantitative estimate of drug-likeness (QED) is 0.869. The lowest BCUT2D eigenvalue weighted by molar-refractivity contribution is 0.250. The zero-order valence-electron chi connectivity index (χ0n) is 8.59. The van der Waals surface area contributed by atoms with Crippen molar-refractivity contribution in [2.24, 2.45) is 5.73 Å². The normalized spacial score (nSPS) is 18.3. The molecular formula is C11H14BrNO2. The van der Waals surface area contributed by atoms with Crippen LogP contribution >= 0.6 is 15.9 Å². The molecule has 0 radical (unpaired) electrons. The zero-order chi connectivity index (χ0) is 11.1. The number of halogens is 1. The van der Waals surface area contributed by atoms with Gasteiger partial charge in [0.05, 0.1) is 11.6 Å². The van der Waals surface area contributed by atoms with Gasteiger partial charge >= 0.3 is 0 Å². The summed E-state index contributed by atoms with van der Waals surface area (Å²) in [6.45, 7) is 0. The first-order valence-electron chi connectivity index (χ1n) is 4.93. The Bertz CT molecular complexity index is 388. The van der Waals surface area contributed by atoms with E-state index in [0.29, 0.717) is 10.2 Å². The number of phenolic OH excluding ortho intramolecular Hbond substituents is 1. The monoisotopic (exact) mass is 271 g/mol. The summed E-state index contributed by atoms with van der Waals surface area (Å²) in [7, 11) is 1.53. The third kappa shape index (κ3) is 1.62. The average molecular weight is 272 g/mol. The summed E-state index contributed by atoms with van der Waals surface area (Å²) in [5, 5.41) is 9.83. The zero-order valence-corrected chi connectivity index (χ0v) is 10.2. The molecule has 0 bridgehead atoms. The number of benzene rings is 1. The van der Waals surface area contributed by atoms with Gasteiger partial charge in [-0.05, 0) is 46.8 Å². The molecule has 4 heteroatoms. The van der Waals surface area contributed by atoms with Gasteiger partial charge in [0.15, 0.2) is 11.5 Å². The fourth-order valence-corrected chi connectivity index (χ4v) is 2.65. The molecule has 1 fully saturated rings. The number of aromatic hydroxyl groups is 1. The SMILES string of the molecule is COc1ccc(C2(N)CCC2)c(Br)c1O. The van der Waals surface area contributed by atoms with Crippen LogP contribution in [0.1, 0.15) is 24.8 Å². The van der Waals surface area contributed by atoms with Gasteiger partial charge in [-0.25, -0.2) is 0 Å². The van der Waals surface area contributed by atoms with Gasteiger partial charge in [0.25, 0.3) is 0 Å². The van der Waals surface area contributed by atoms with E-state index in [4.69, 9.17) is 10.5 Å². The van der Waals surface area contributed by atoms with Crippen LogP contribution in [0.25, 0.3) is 0 Å². The minimum absolute atomic E-state index is 0.131. The Morgan fingerprint density at radius 3 is 2.60 bits per heavy atom. The molecule has 3 nitrogen and oxygen atoms in total. The lowest BCUT2D eigenvalue weighted by atomic mass is 9.73. The highest BCUT2D eigenvalue weighted by atomic mass is 79.9. The van der Waals surface area contributed by atoms with E-state index in [1.165, 1.54) is 7.11 Å². The van der Waals surface area contributed by atoms with Crippen LogP contribution in [-0.2, 0) is 5.54 Å². The Hall–Kier alpha value is -0.740. The summed E-state index contributed by atoms with van der Waals surface area (Å²) in [6.07, 6.45) is 3.09. The largest absolute Gasteiger partial charge is 0.503 e. The Morgan fingerprint density at radius 1 is 1.47 bits per heavy atom. The highest BCUT2D eigenvalue weighted by Gasteiger charge is 2.36. The van der Waals surface area contributed by atoms with Crippen molar-refractivity contribution in [1.29, 1.82) is 0 Å². The van der Waals surface area contributed by atoms with Crippen LogP contribution in [0.5, 0.6) is 11.5 Å². The number of ether oxygens (including phenoxy) is 1. The number of hydrogen-bond donors (Lipinski definition) is 2. The van der Waals surface area contributed by atoms with E-state index in [9.17, 15) is 5.11 Å². The van der Waals surface area contributed by atoms with E-state index >= 15 is 0 Å². The maximum atomic E-state index is 9.83. The number of hydrogen-bond acceptors (Lipinski definition) is 3. The Labute approximate surface area is 97.4 Å². The first-order valence-corrected chi connectivity index (χ1v) is 5.72. The standard InChI is InChI=1S/C11H14BrNO2/c1-15-8-4-3-7(9(12)10(8)14)11(13)5-2-6-11/h3-4,14H,2,5-6,13H2,1H3. The summed E-state index contributed by atoms with van der Waals surface area (Å²) in [6, 6.07) is 3.67. The van der Waals surface area contributed by atoms with Crippen LogP contribution in [0.2, 0.25) is 0 Å². The van der Waals surface area contributed by atoms with Crippen LogP contribution in [0, 0.1) is 0 Å². The Morgan fingerprint density at radius 2 is 2.13 bits per heavy atom. The Kier molecular flexibility index (Phi) is 2.64. The molecule has 2 rings (SSSR count). The molecule has 0 saturated heterocycles. The van der Waals surface area contributed by atoms with Gasteiger partial charge in [-0.15, -0.1) is 0 Å². The van der Waals surface area contributed by atoms with Gasteiger partial charge in [0.1, 0.15) is 0 Å². The van der Waals surface area contributed by atoms with Gasteiger partial charge in [0.2, 0.25) is 0 Å². The first-order chi connectivity index (χ1) is 7.08. The van der Waals surface area contributed by atoms with E-state index < -0.39 is 0 Å². The second kappa shape index (κ2) is 3.68. The first kappa shape index (κ1) is 10.8. The molecule has 0 amide bonds. The van der Waals surface area contributed by atoms with Gasteiger partial charge in [-0.3, -0.25) is 0 Å². The fourth-order valence-electron chi connectivity index (χ4n) is 1.92. The molecule has 3 N–H and O–H groups in total. The molecule has 1 aliphatic carbocycles. The van der Waals surface area contributed by atoms with E-state index in [-0.39, 0.29) is 11.3 Å². The minimum atomic E-state index is -0.275.